The van der Waals surface area contributed by atoms with Gasteiger partial charge in [-0.25, -0.2) is 9.97 Å². The van der Waals surface area contributed by atoms with Crippen LogP contribution >= 0.6 is 23.1 Å². The first-order valence-electron chi connectivity index (χ1n) is 11.9. The van der Waals surface area contributed by atoms with E-state index in [0.29, 0.717) is 23.4 Å². The van der Waals surface area contributed by atoms with Crippen molar-refractivity contribution in [1.29, 1.82) is 0 Å². The number of pyridine rings is 2. The highest BCUT2D eigenvalue weighted by Crippen LogP contribution is 2.35. The van der Waals surface area contributed by atoms with E-state index in [-0.39, 0.29) is 0 Å². The molecule has 0 atom stereocenters. The highest BCUT2D eigenvalue weighted by molar-refractivity contribution is 7.99. The third-order valence-electron chi connectivity index (χ3n) is 5.78. The maximum atomic E-state index is 5.53. The van der Waals surface area contributed by atoms with Crippen LogP contribution in [0.1, 0.15) is 6.92 Å². The number of methoxy groups -OCH3 is 1. The van der Waals surface area contributed by atoms with Crippen molar-refractivity contribution >= 4 is 56.4 Å². The first-order valence-corrected chi connectivity index (χ1v) is 13.6. The van der Waals surface area contributed by atoms with E-state index in [9.17, 15) is 0 Å². The molecule has 0 unspecified atom stereocenters. The first kappa shape index (κ1) is 24.1. The molecule has 0 radical (unpaired) electrons. The fourth-order valence-corrected chi connectivity index (χ4v) is 5.61. The molecule has 0 amide bonds. The van der Waals surface area contributed by atoms with Gasteiger partial charge in [0.05, 0.1) is 25.4 Å². The summed E-state index contributed by atoms with van der Waals surface area (Å²) >= 11 is 3.09. The van der Waals surface area contributed by atoms with Crippen LogP contribution in [0.25, 0.3) is 33.2 Å². The number of nitrogens with one attached hydrogen (secondary N) is 1. The SMILES string of the molecule is CCOc1nc(-c2nnc(Nc3ccc(Sc4ccnc5cc(OC)cnc45)cc3)c3ccccc23)cs1. The van der Waals surface area contributed by atoms with E-state index in [4.69, 9.17) is 9.47 Å². The summed E-state index contributed by atoms with van der Waals surface area (Å²) in [5.41, 5.74) is 4.04. The number of aromatic nitrogens is 5. The molecule has 0 spiro atoms. The molecule has 8 nitrogen and oxygen atoms in total. The number of ether oxygens (including phenoxy) is 2. The van der Waals surface area contributed by atoms with Gasteiger partial charge in [-0.15, -0.1) is 10.2 Å². The third-order valence-corrected chi connectivity index (χ3v) is 7.59. The van der Waals surface area contributed by atoms with Crippen LogP contribution in [0.2, 0.25) is 0 Å². The number of hydrogen-bond acceptors (Lipinski definition) is 10. The zero-order valence-electron chi connectivity index (χ0n) is 20.6. The molecule has 6 rings (SSSR count). The Morgan fingerprint density at radius 2 is 1.82 bits per heavy atom. The molecule has 4 heterocycles. The first-order chi connectivity index (χ1) is 18.7. The fourth-order valence-electron chi connectivity index (χ4n) is 3.99. The standard InChI is InChI=1S/C28H22N6O2S2/c1-3-36-28-32-23(16-37-28)25-20-6-4-5-7-21(20)27(34-33-25)31-17-8-10-19(11-9-17)38-24-12-13-29-22-14-18(35-2)15-30-26(22)24/h4-16H,3H2,1-2H3,(H,31,34). The highest BCUT2D eigenvalue weighted by atomic mass is 32.2. The topological polar surface area (TPSA) is 94.9 Å². The Kier molecular flexibility index (Phi) is 6.72. The monoisotopic (exact) mass is 538 g/mol. The number of fused-ring (bicyclic) bond motifs is 2. The van der Waals surface area contributed by atoms with Crippen molar-refractivity contribution in [2.75, 3.05) is 19.0 Å². The van der Waals surface area contributed by atoms with Crippen molar-refractivity contribution in [1.82, 2.24) is 25.1 Å². The van der Waals surface area contributed by atoms with Gasteiger partial charge in [0, 0.05) is 43.9 Å². The zero-order chi connectivity index (χ0) is 25.9. The summed E-state index contributed by atoms with van der Waals surface area (Å²) in [4.78, 5) is 15.6. The lowest BCUT2D eigenvalue weighted by molar-refractivity contribution is 0.338. The van der Waals surface area contributed by atoms with Gasteiger partial charge in [-0.3, -0.25) is 4.98 Å². The molecule has 0 saturated carbocycles. The minimum atomic E-state index is 0.574. The second kappa shape index (κ2) is 10.6. The molecular weight excluding hydrogens is 516 g/mol. The van der Waals surface area contributed by atoms with E-state index >= 15 is 0 Å². The molecule has 38 heavy (non-hydrogen) atoms. The van der Waals surface area contributed by atoms with Crippen LogP contribution in [-0.4, -0.2) is 38.9 Å². The van der Waals surface area contributed by atoms with E-state index in [0.717, 1.165) is 48.7 Å². The molecule has 1 N–H and O–H groups in total. The highest BCUT2D eigenvalue weighted by Gasteiger charge is 2.14. The molecule has 6 aromatic rings. The quantitative estimate of drug-likeness (QED) is 0.220. The predicted molar refractivity (Wildman–Crippen MR) is 152 cm³/mol. The number of nitrogens with zero attached hydrogens (tertiary/aromatic N) is 5. The lowest BCUT2D eigenvalue weighted by atomic mass is 10.1. The van der Waals surface area contributed by atoms with Crippen molar-refractivity contribution in [3.63, 3.8) is 0 Å². The van der Waals surface area contributed by atoms with Crippen LogP contribution in [0.5, 0.6) is 10.9 Å². The second-order valence-corrected chi connectivity index (χ2v) is 10.1. The summed E-state index contributed by atoms with van der Waals surface area (Å²) in [7, 11) is 1.62. The number of benzene rings is 2. The molecule has 0 saturated heterocycles. The van der Waals surface area contributed by atoms with Crippen LogP contribution in [0, 0.1) is 0 Å². The molecular formula is C28H22N6O2S2. The summed E-state index contributed by atoms with van der Waals surface area (Å²) in [5.74, 6) is 1.37. The summed E-state index contributed by atoms with van der Waals surface area (Å²) in [6.45, 7) is 2.52. The lowest BCUT2D eigenvalue weighted by Gasteiger charge is -2.11. The summed E-state index contributed by atoms with van der Waals surface area (Å²) in [5, 5.41) is 17.0. The molecule has 4 aromatic heterocycles. The maximum absolute atomic E-state index is 5.53. The molecule has 0 aliphatic carbocycles. The molecule has 0 fully saturated rings. The van der Waals surface area contributed by atoms with E-state index < -0.39 is 0 Å². The maximum Gasteiger partial charge on any atom is 0.273 e. The zero-order valence-corrected chi connectivity index (χ0v) is 22.2. The van der Waals surface area contributed by atoms with Crippen molar-refractivity contribution in [3.8, 4) is 22.3 Å². The van der Waals surface area contributed by atoms with Gasteiger partial charge in [0.2, 0.25) is 0 Å². The van der Waals surface area contributed by atoms with Gasteiger partial charge in [0.25, 0.3) is 5.19 Å². The number of thiazole rings is 1. The Balaban J connectivity index is 1.24. The Morgan fingerprint density at radius 1 is 0.974 bits per heavy atom. The van der Waals surface area contributed by atoms with Crippen molar-refractivity contribution < 1.29 is 9.47 Å². The van der Waals surface area contributed by atoms with Crippen LogP contribution in [0.3, 0.4) is 0 Å². The van der Waals surface area contributed by atoms with Crippen LogP contribution in [0.15, 0.2) is 88.2 Å². The Bertz CT molecular complexity index is 1740. The summed E-state index contributed by atoms with van der Waals surface area (Å²) < 4.78 is 10.8. The van der Waals surface area contributed by atoms with Crippen molar-refractivity contribution in [2.24, 2.45) is 0 Å². The smallest absolute Gasteiger partial charge is 0.273 e. The molecule has 10 heteroatoms. The largest absolute Gasteiger partial charge is 0.495 e. The van der Waals surface area contributed by atoms with Crippen molar-refractivity contribution in [3.05, 3.63) is 78.4 Å². The Morgan fingerprint density at radius 3 is 2.63 bits per heavy atom. The van der Waals surface area contributed by atoms with E-state index in [1.165, 1.54) is 11.3 Å². The summed E-state index contributed by atoms with van der Waals surface area (Å²) in [6, 6.07) is 20.1. The third kappa shape index (κ3) is 4.83. The Hall–Kier alpha value is -4.28. The number of hydrogen-bond donors (Lipinski definition) is 1. The average molecular weight is 539 g/mol. The average Bonchev–Trinajstić information content (AvgIpc) is 3.42. The molecule has 188 valence electrons. The van der Waals surface area contributed by atoms with E-state index in [1.807, 2.05) is 60.8 Å². The lowest BCUT2D eigenvalue weighted by Crippen LogP contribution is -1.99. The van der Waals surface area contributed by atoms with Gasteiger partial charge in [-0.1, -0.05) is 47.4 Å². The number of anilines is 2. The van der Waals surface area contributed by atoms with Gasteiger partial charge in [0.1, 0.15) is 22.7 Å². The van der Waals surface area contributed by atoms with Gasteiger partial charge in [-0.2, -0.15) is 0 Å². The van der Waals surface area contributed by atoms with Gasteiger partial charge in [0.15, 0.2) is 5.82 Å². The van der Waals surface area contributed by atoms with Gasteiger partial charge in [-0.05, 0) is 37.3 Å². The minimum absolute atomic E-state index is 0.574. The number of rotatable bonds is 8. The molecule has 2 aromatic carbocycles. The molecule has 0 bridgehead atoms. The molecule has 0 aliphatic heterocycles. The van der Waals surface area contributed by atoms with E-state index in [1.54, 1.807) is 31.3 Å². The van der Waals surface area contributed by atoms with Crippen LogP contribution in [0.4, 0.5) is 11.5 Å². The van der Waals surface area contributed by atoms with Gasteiger partial charge < -0.3 is 14.8 Å². The fraction of sp³-hybridized carbons (Fsp3) is 0.107. The molecule has 0 aliphatic rings. The predicted octanol–water partition coefficient (Wildman–Crippen LogP) is 7.00. The van der Waals surface area contributed by atoms with E-state index in [2.05, 4.69) is 42.6 Å². The van der Waals surface area contributed by atoms with Crippen molar-refractivity contribution in [2.45, 2.75) is 16.7 Å². The summed E-state index contributed by atoms with van der Waals surface area (Å²) in [6.07, 6.45) is 3.50. The van der Waals surface area contributed by atoms with Gasteiger partial charge >= 0.3 is 0 Å². The van der Waals surface area contributed by atoms with Crippen LogP contribution < -0.4 is 14.8 Å². The minimum Gasteiger partial charge on any atom is -0.495 e. The van der Waals surface area contributed by atoms with Crippen LogP contribution in [-0.2, 0) is 0 Å². The second-order valence-electron chi connectivity index (χ2n) is 8.18. The normalized spacial score (nSPS) is 11.1. The Labute approximate surface area is 227 Å².